The van der Waals surface area contributed by atoms with Crippen molar-refractivity contribution in [3.8, 4) is 0 Å². The van der Waals surface area contributed by atoms with Crippen molar-refractivity contribution >= 4 is 50.8 Å². The molecule has 0 saturated heterocycles. The minimum absolute atomic E-state index is 0. The minimum Gasteiger partial charge on any atom is -0.621 e. The first-order valence-corrected chi connectivity index (χ1v) is 12.8. The average Bonchev–Trinajstić information content (AvgIpc) is 3.40. The van der Waals surface area contributed by atoms with E-state index in [1.807, 2.05) is 60.7 Å². The molecule has 0 aliphatic heterocycles. The molecule has 0 atom stereocenters. The van der Waals surface area contributed by atoms with E-state index in [0.717, 1.165) is 10.8 Å². The molecular formula is C34H21N3NiO4. The van der Waals surface area contributed by atoms with Crippen LogP contribution in [0.1, 0.15) is 27.2 Å². The van der Waals surface area contributed by atoms with Crippen molar-refractivity contribution in [1.82, 2.24) is 4.98 Å². The first-order chi connectivity index (χ1) is 20.1. The predicted molar refractivity (Wildman–Crippen MR) is 157 cm³/mol. The van der Waals surface area contributed by atoms with Gasteiger partial charge in [-0.05, 0) is 23.8 Å². The number of furan rings is 1. The third-order valence-electron chi connectivity index (χ3n) is 6.55. The maximum absolute atomic E-state index is 12.9. The van der Waals surface area contributed by atoms with Crippen molar-refractivity contribution in [1.29, 1.82) is 0 Å². The topological polar surface area (TPSA) is 110 Å². The van der Waals surface area contributed by atoms with Gasteiger partial charge in [0.05, 0.1) is 17.4 Å². The van der Waals surface area contributed by atoms with Gasteiger partial charge in [-0.1, -0.05) is 97.1 Å². The summed E-state index contributed by atoms with van der Waals surface area (Å²) in [6.07, 6.45) is 2.79. The number of fused-ring (bicyclic) bond motifs is 3. The van der Waals surface area contributed by atoms with E-state index in [1.54, 1.807) is 54.6 Å². The number of hydrogen-bond acceptors (Lipinski definition) is 6. The van der Waals surface area contributed by atoms with E-state index < -0.39 is 11.9 Å². The molecule has 2 heterocycles. The van der Waals surface area contributed by atoms with E-state index in [0.29, 0.717) is 39.3 Å². The number of carbonyl (C=O) groups is 2. The molecule has 0 aliphatic rings. The molecule has 4 aromatic carbocycles. The number of benzene rings is 4. The van der Waals surface area contributed by atoms with E-state index in [2.05, 4.69) is 15.3 Å². The molecule has 206 valence electrons. The number of amides is 1. The molecule has 0 spiro atoms. The molecule has 0 unspecified atom stereocenters. The molecule has 0 N–H and O–H groups in total. The molecule has 2 aromatic heterocycles. The van der Waals surface area contributed by atoms with Crippen molar-refractivity contribution in [2.24, 2.45) is 4.99 Å². The van der Waals surface area contributed by atoms with Gasteiger partial charge >= 0.3 is 16.5 Å². The van der Waals surface area contributed by atoms with Gasteiger partial charge in [-0.2, -0.15) is 0 Å². The van der Waals surface area contributed by atoms with E-state index in [-0.39, 0.29) is 27.8 Å². The summed E-state index contributed by atoms with van der Waals surface area (Å²) in [5.41, 5.74) is 3.52. The molecular weight excluding hydrogens is 573 g/mol. The molecule has 0 radical (unpaired) electrons. The van der Waals surface area contributed by atoms with Crippen LogP contribution in [0, 0.1) is 0 Å². The maximum atomic E-state index is 12.9. The van der Waals surface area contributed by atoms with Crippen LogP contribution in [0.2, 0.25) is 0 Å². The van der Waals surface area contributed by atoms with E-state index in [1.165, 1.54) is 12.4 Å². The number of hydrogen-bond donors (Lipinski definition) is 0. The summed E-state index contributed by atoms with van der Waals surface area (Å²) in [6, 6.07) is 34.2. The van der Waals surface area contributed by atoms with Gasteiger partial charge in [-0.15, -0.1) is 5.69 Å². The summed E-state index contributed by atoms with van der Waals surface area (Å²) in [7, 11) is 0. The molecule has 0 saturated carbocycles. The van der Waals surface area contributed by atoms with Crippen molar-refractivity contribution in [2.45, 2.75) is 0 Å². The third-order valence-corrected chi connectivity index (χ3v) is 6.55. The zero-order chi connectivity index (χ0) is 28.2. The molecule has 1 amide bonds. The van der Waals surface area contributed by atoms with E-state index >= 15 is 0 Å². The fraction of sp³-hybridized carbons (Fsp3) is 0. The Balaban J connectivity index is 0.00000353. The second kappa shape index (κ2) is 12.5. The smallest absolute Gasteiger partial charge is 0.621 e. The van der Waals surface area contributed by atoms with E-state index in [4.69, 9.17) is 4.42 Å². The second-order valence-electron chi connectivity index (χ2n) is 9.10. The normalized spacial score (nSPS) is 11.7. The fourth-order valence-corrected chi connectivity index (χ4v) is 4.64. The molecule has 0 bridgehead atoms. The van der Waals surface area contributed by atoms with Crippen LogP contribution in [0.5, 0.6) is 0 Å². The van der Waals surface area contributed by atoms with Crippen LogP contribution >= 0.6 is 0 Å². The number of rotatable bonds is 7. The van der Waals surface area contributed by atoms with Crippen LogP contribution in [0.25, 0.3) is 32.8 Å². The largest absolute Gasteiger partial charge is 2.00 e. The zero-order valence-corrected chi connectivity index (χ0v) is 22.9. The van der Waals surface area contributed by atoms with Crippen LogP contribution in [0.15, 0.2) is 137 Å². The first-order valence-electron chi connectivity index (χ1n) is 12.8. The van der Waals surface area contributed by atoms with Crippen molar-refractivity contribution < 1.29 is 35.6 Å². The Kier molecular flexibility index (Phi) is 8.37. The number of nitrogens with zero attached hydrogens (tertiary/aromatic N) is 3. The number of aliphatic imine (C=N–C) groups is 1. The number of aliphatic carboxylic acids is 1. The molecule has 8 heteroatoms. The predicted octanol–water partition coefficient (Wildman–Crippen LogP) is 6.45. The molecule has 7 nitrogen and oxygen atoms in total. The fourth-order valence-electron chi connectivity index (χ4n) is 4.64. The van der Waals surface area contributed by atoms with Gasteiger partial charge in [-0.3, -0.25) is 9.98 Å². The van der Waals surface area contributed by atoms with Crippen molar-refractivity contribution in [2.75, 3.05) is 0 Å². The zero-order valence-electron chi connectivity index (χ0n) is 21.9. The number of carboxylic acids is 1. The molecule has 0 fully saturated rings. The second-order valence-corrected chi connectivity index (χ2v) is 9.10. The van der Waals surface area contributed by atoms with Crippen LogP contribution in [-0.2, 0) is 21.3 Å². The van der Waals surface area contributed by atoms with Crippen LogP contribution in [0.4, 0.5) is 5.69 Å². The summed E-state index contributed by atoms with van der Waals surface area (Å²) >= 11 is 0. The minimum atomic E-state index is -1.41. The quantitative estimate of drug-likeness (QED) is 0.120. The molecule has 42 heavy (non-hydrogen) atoms. The number of para-hydroxylation sites is 3. The average molecular weight is 594 g/mol. The maximum Gasteiger partial charge on any atom is 2.00 e. The van der Waals surface area contributed by atoms with Gasteiger partial charge in [0, 0.05) is 39.9 Å². The number of carbonyl (C=O) groups excluding carboxylic acids is 2. The molecule has 6 aromatic rings. The van der Waals surface area contributed by atoms with Crippen molar-refractivity contribution in [3.63, 3.8) is 0 Å². The molecule has 0 aliphatic carbocycles. The van der Waals surface area contributed by atoms with Crippen LogP contribution < -0.4 is 5.11 Å². The number of carboxylic acid groups (broad SMARTS) is 1. The van der Waals surface area contributed by atoms with Crippen LogP contribution in [0.3, 0.4) is 0 Å². The van der Waals surface area contributed by atoms with Gasteiger partial charge in [0.1, 0.15) is 17.1 Å². The van der Waals surface area contributed by atoms with Crippen LogP contribution in [-0.4, -0.2) is 22.6 Å². The Hall–Kier alpha value is -5.33. The Morgan fingerprint density at radius 3 is 2.24 bits per heavy atom. The van der Waals surface area contributed by atoms with E-state index in [9.17, 15) is 14.7 Å². The van der Waals surface area contributed by atoms with Gasteiger partial charge < -0.3 is 24.4 Å². The van der Waals surface area contributed by atoms with Crippen molar-refractivity contribution in [3.05, 3.63) is 155 Å². The van der Waals surface area contributed by atoms with Gasteiger partial charge in [-0.25, -0.2) is 0 Å². The summed E-state index contributed by atoms with van der Waals surface area (Å²) < 4.78 is 6.06. The summed E-state index contributed by atoms with van der Waals surface area (Å²) in [5, 5.41) is 18.4. The first kappa shape index (κ1) is 28.2. The summed E-state index contributed by atoms with van der Waals surface area (Å²) in [6.45, 7) is 0. The SMILES string of the molecule is O=C([O-])/C(=C\N=C(c1ccccc1)c1ccccc1[N-]C(=O)c1ccccn1)c1cccc2c1oc1ccccc12.[Ni+2]. The Bertz CT molecular complexity index is 1970. The van der Waals surface area contributed by atoms with Gasteiger partial charge in [0.25, 0.3) is 0 Å². The van der Waals surface area contributed by atoms with Gasteiger partial charge in [0.15, 0.2) is 0 Å². The standard InChI is InChI=1S/C34H23N3O4.Ni/c38-33(29-18-8-9-20-35-29)37-28-17-6-4-14-26(28)31(22-11-2-1-3-12-22)36-21-27(34(39)40)25-16-10-15-24-23-13-5-7-19-30(23)41-32(24)25;/h1-21H,(H2,36,37,38,39,40);/q;+2/p-2/b27-21-;. The summed E-state index contributed by atoms with van der Waals surface area (Å²) in [5.74, 6) is -1.91. The van der Waals surface area contributed by atoms with Gasteiger partial charge in [0.2, 0.25) is 0 Å². The Morgan fingerprint density at radius 2 is 1.45 bits per heavy atom. The third kappa shape index (κ3) is 5.62. The monoisotopic (exact) mass is 593 g/mol. The number of aromatic nitrogens is 1. The number of pyridine rings is 1. The Morgan fingerprint density at radius 1 is 0.762 bits per heavy atom. The molecule has 6 rings (SSSR count). The summed E-state index contributed by atoms with van der Waals surface area (Å²) in [4.78, 5) is 34.1. The Labute approximate surface area is 251 Å².